The molecular formula is C27H29BrF2N6OS. The first-order valence-corrected chi connectivity index (χ1v) is 14.1. The van der Waals surface area contributed by atoms with Gasteiger partial charge in [0.2, 0.25) is 0 Å². The molecule has 1 amide bonds. The van der Waals surface area contributed by atoms with E-state index >= 15 is 0 Å². The van der Waals surface area contributed by atoms with Crippen molar-refractivity contribution in [2.45, 2.75) is 47.1 Å². The van der Waals surface area contributed by atoms with Gasteiger partial charge in [0.1, 0.15) is 16.5 Å². The van der Waals surface area contributed by atoms with E-state index in [9.17, 15) is 13.6 Å². The molecule has 4 heterocycles. The molecule has 1 fully saturated rings. The number of hydrogen-bond acceptors (Lipinski definition) is 5. The number of nitrogen functional groups attached to an aromatic ring is 1. The van der Waals surface area contributed by atoms with Gasteiger partial charge in [0.15, 0.2) is 5.82 Å². The molecule has 1 saturated heterocycles. The summed E-state index contributed by atoms with van der Waals surface area (Å²) in [6, 6.07) is 5.31. The molecule has 38 heavy (non-hydrogen) atoms. The number of hydrogen-bond donors (Lipinski definition) is 1. The maximum absolute atomic E-state index is 14.2. The second-order valence-electron chi connectivity index (χ2n) is 9.92. The maximum Gasteiger partial charge on any atom is 0.257 e. The number of anilines is 1. The topological polar surface area (TPSA) is 82.0 Å². The molecule has 11 heteroatoms. The molecular weight excluding hydrogens is 574 g/mol. The molecule has 4 aromatic rings. The molecule has 1 aromatic carbocycles. The Bertz CT molecular complexity index is 1510. The Labute approximate surface area is 232 Å². The van der Waals surface area contributed by atoms with Crippen LogP contribution in [-0.2, 0) is 6.54 Å². The van der Waals surface area contributed by atoms with Gasteiger partial charge in [-0.15, -0.1) is 16.4 Å². The highest BCUT2D eigenvalue weighted by atomic mass is 79.9. The van der Waals surface area contributed by atoms with Gasteiger partial charge in [0, 0.05) is 41.5 Å². The lowest BCUT2D eigenvalue weighted by Crippen LogP contribution is -2.39. The van der Waals surface area contributed by atoms with Crippen molar-refractivity contribution in [3.8, 4) is 16.3 Å². The monoisotopic (exact) mass is 602 g/mol. The fourth-order valence-electron chi connectivity index (χ4n) is 5.08. The summed E-state index contributed by atoms with van der Waals surface area (Å²) in [4.78, 5) is 16.8. The standard InChI is InChI=1S/C27H29BrF2N6OS/c1-14-5-6-15(2)36(14)27-22(16(3)17(4)38-27)26(37)34-9-7-18(8-10-34)12-35-13-21(32-33-35)19-11-20(29)23(28)24(30)25(19)31/h5-6,11,13,18H,7-10,12,31H2,1-4H3. The lowest BCUT2D eigenvalue weighted by molar-refractivity contribution is 0.0680. The average molecular weight is 604 g/mol. The van der Waals surface area contributed by atoms with Crippen LogP contribution in [0.4, 0.5) is 14.5 Å². The van der Waals surface area contributed by atoms with Crippen molar-refractivity contribution in [2.24, 2.45) is 5.92 Å². The van der Waals surface area contributed by atoms with Crippen molar-refractivity contribution in [1.82, 2.24) is 24.5 Å². The number of piperidine rings is 1. The van der Waals surface area contributed by atoms with Crippen molar-refractivity contribution in [2.75, 3.05) is 18.8 Å². The highest BCUT2D eigenvalue weighted by Gasteiger charge is 2.29. The van der Waals surface area contributed by atoms with E-state index in [0.29, 0.717) is 31.2 Å². The summed E-state index contributed by atoms with van der Waals surface area (Å²) in [5.41, 5.74) is 10.2. The Hall–Kier alpha value is -3.05. The van der Waals surface area contributed by atoms with Crippen LogP contribution in [0.3, 0.4) is 0 Å². The fraction of sp³-hybridized carbons (Fsp3) is 0.370. The number of halogens is 3. The number of carbonyl (C=O) groups is 1. The van der Waals surface area contributed by atoms with Crippen LogP contribution in [0.2, 0.25) is 0 Å². The molecule has 0 spiro atoms. The number of rotatable bonds is 5. The second kappa shape index (κ2) is 10.3. The number of aryl methyl sites for hydroxylation is 3. The van der Waals surface area contributed by atoms with Crippen LogP contribution >= 0.6 is 27.3 Å². The molecule has 3 aromatic heterocycles. The SMILES string of the molecule is Cc1sc(-n2c(C)ccc2C)c(C(=O)N2CCC(Cn3cc(-c4cc(F)c(Br)c(F)c4N)nn3)CC2)c1C. The minimum Gasteiger partial charge on any atom is -0.396 e. The number of nitrogens with two attached hydrogens (primary N) is 1. The van der Waals surface area contributed by atoms with Crippen molar-refractivity contribution >= 4 is 38.9 Å². The number of aromatic nitrogens is 4. The number of likely N-dealkylation sites (tertiary alicyclic amines) is 1. The van der Waals surface area contributed by atoms with E-state index in [1.54, 1.807) is 22.2 Å². The molecule has 1 aliphatic heterocycles. The number of amides is 1. The normalized spacial score (nSPS) is 14.4. The third-order valence-corrected chi connectivity index (χ3v) is 9.34. The van der Waals surface area contributed by atoms with Crippen molar-refractivity contribution < 1.29 is 13.6 Å². The van der Waals surface area contributed by atoms with Crippen molar-refractivity contribution in [1.29, 1.82) is 0 Å². The van der Waals surface area contributed by atoms with E-state index in [0.717, 1.165) is 51.3 Å². The number of carbonyl (C=O) groups excluding carboxylic acids is 1. The zero-order valence-corrected chi connectivity index (χ0v) is 24.1. The van der Waals surface area contributed by atoms with Gasteiger partial charge in [-0.05, 0) is 86.1 Å². The van der Waals surface area contributed by atoms with Crippen molar-refractivity contribution in [3.05, 3.63) is 67.9 Å². The van der Waals surface area contributed by atoms with Crippen LogP contribution < -0.4 is 5.73 Å². The lowest BCUT2D eigenvalue weighted by Gasteiger charge is -2.32. The van der Waals surface area contributed by atoms with E-state index in [1.807, 2.05) is 11.8 Å². The summed E-state index contributed by atoms with van der Waals surface area (Å²) >= 11 is 4.53. The Morgan fingerprint density at radius 2 is 1.82 bits per heavy atom. The second-order valence-corrected chi connectivity index (χ2v) is 11.9. The van der Waals surface area contributed by atoms with Crippen LogP contribution in [0, 0.1) is 45.2 Å². The Kier molecular flexibility index (Phi) is 7.17. The van der Waals surface area contributed by atoms with Gasteiger partial charge in [0.25, 0.3) is 5.91 Å². The molecule has 2 N–H and O–H groups in total. The average Bonchev–Trinajstić information content (AvgIpc) is 3.57. The molecule has 0 aliphatic carbocycles. The maximum atomic E-state index is 14.2. The summed E-state index contributed by atoms with van der Waals surface area (Å²) in [5.74, 6) is -1.24. The quantitative estimate of drug-likeness (QED) is 0.217. The van der Waals surface area contributed by atoms with Gasteiger partial charge >= 0.3 is 0 Å². The van der Waals surface area contributed by atoms with Gasteiger partial charge in [0.05, 0.1) is 21.9 Å². The van der Waals surface area contributed by atoms with Crippen LogP contribution in [0.1, 0.15) is 45.0 Å². The van der Waals surface area contributed by atoms with E-state index in [4.69, 9.17) is 5.73 Å². The largest absolute Gasteiger partial charge is 0.396 e. The highest BCUT2D eigenvalue weighted by molar-refractivity contribution is 9.10. The van der Waals surface area contributed by atoms with E-state index in [2.05, 4.69) is 63.7 Å². The Morgan fingerprint density at radius 3 is 2.47 bits per heavy atom. The van der Waals surface area contributed by atoms with E-state index in [-0.39, 0.29) is 21.6 Å². The molecule has 0 atom stereocenters. The minimum atomic E-state index is -0.854. The summed E-state index contributed by atoms with van der Waals surface area (Å²) in [6.45, 7) is 10.1. The molecule has 0 bridgehead atoms. The first kappa shape index (κ1) is 26.6. The molecule has 7 nitrogen and oxygen atoms in total. The van der Waals surface area contributed by atoms with Gasteiger partial charge < -0.3 is 15.2 Å². The smallest absolute Gasteiger partial charge is 0.257 e. The summed E-state index contributed by atoms with van der Waals surface area (Å²) in [5, 5.41) is 9.23. The highest BCUT2D eigenvalue weighted by Crippen LogP contribution is 2.36. The van der Waals surface area contributed by atoms with Gasteiger partial charge in [-0.25, -0.2) is 8.78 Å². The third-order valence-electron chi connectivity index (χ3n) is 7.42. The summed E-state index contributed by atoms with van der Waals surface area (Å²) in [7, 11) is 0. The molecule has 1 aliphatic rings. The molecule has 200 valence electrons. The zero-order valence-electron chi connectivity index (χ0n) is 21.7. The first-order chi connectivity index (χ1) is 18.1. The summed E-state index contributed by atoms with van der Waals surface area (Å²) < 4.78 is 31.8. The Balaban J connectivity index is 1.28. The zero-order chi connectivity index (χ0) is 27.3. The van der Waals surface area contributed by atoms with Crippen LogP contribution in [0.25, 0.3) is 16.3 Å². The molecule has 0 saturated carbocycles. The van der Waals surface area contributed by atoms with Gasteiger partial charge in [-0.2, -0.15) is 0 Å². The number of nitrogens with zero attached hydrogens (tertiary/aromatic N) is 5. The van der Waals surface area contributed by atoms with Crippen LogP contribution in [0.15, 0.2) is 28.9 Å². The van der Waals surface area contributed by atoms with Gasteiger partial charge in [-0.1, -0.05) is 5.21 Å². The van der Waals surface area contributed by atoms with Gasteiger partial charge in [-0.3, -0.25) is 9.48 Å². The predicted molar refractivity (Wildman–Crippen MR) is 149 cm³/mol. The van der Waals surface area contributed by atoms with Crippen LogP contribution in [-0.4, -0.2) is 43.5 Å². The van der Waals surface area contributed by atoms with Crippen molar-refractivity contribution in [3.63, 3.8) is 0 Å². The fourth-order valence-corrected chi connectivity index (χ4v) is 6.68. The number of benzene rings is 1. The summed E-state index contributed by atoms with van der Waals surface area (Å²) in [6.07, 6.45) is 3.30. The predicted octanol–water partition coefficient (Wildman–Crippen LogP) is 6.21. The van der Waals surface area contributed by atoms with E-state index in [1.165, 1.54) is 0 Å². The lowest BCUT2D eigenvalue weighted by atomic mass is 9.96. The molecule has 0 unspecified atom stereocenters. The van der Waals surface area contributed by atoms with E-state index < -0.39 is 11.6 Å². The first-order valence-electron chi connectivity index (χ1n) is 12.4. The minimum absolute atomic E-state index is 0.0746. The molecule has 5 rings (SSSR count). The third kappa shape index (κ3) is 4.66. The molecule has 0 radical (unpaired) electrons. The Morgan fingerprint density at radius 1 is 1.16 bits per heavy atom. The van der Waals surface area contributed by atoms with Crippen LogP contribution in [0.5, 0.6) is 0 Å². The number of thiophene rings is 1.